The third-order valence-corrected chi connectivity index (χ3v) is 3.19. The molecule has 0 unspecified atom stereocenters. The van der Waals surface area contributed by atoms with Crippen LogP contribution in [-0.2, 0) is 0 Å². The van der Waals surface area contributed by atoms with Crippen molar-refractivity contribution in [2.75, 3.05) is 0 Å². The van der Waals surface area contributed by atoms with Crippen LogP contribution in [0.1, 0.15) is 37.2 Å². The van der Waals surface area contributed by atoms with Crippen molar-refractivity contribution in [2.45, 2.75) is 32.2 Å². The van der Waals surface area contributed by atoms with Gasteiger partial charge in [0.05, 0.1) is 0 Å². The quantitative estimate of drug-likeness (QED) is 0.820. The van der Waals surface area contributed by atoms with Gasteiger partial charge in [0.2, 0.25) is 0 Å². The van der Waals surface area contributed by atoms with Crippen LogP contribution in [0.5, 0.6) is 0 Å². The average molecular weight is 283 g/mol. The maximum absolute atomic E-state index is 11.9. The summed E-state index contributed by atoms with van der Waals surface area (Å²) >= 11 is 3.28. The highest BCUT2D eigenvalue weighted by atomic mass is 79.9. The third kappa shape index (κ3) is 2.67. The Morgan fingerprint density at radius 2 is 2.25 bits per heavy atom. The summed E-state index contributed by atoms with van der Waals surface area (Å²) in [5.41, 5.74) is -0.0392. The van der Waals surface area contributed by atoms with Crippen LogP contribution in [-0.4, -0.2) is 16.4 Å². The number of halogens is 1. The first kappa shape index (κ1) is 12.9. The van der Waals surface area contributed by atoms with E-state index >= 15 is 0 Å². The van der Waals surface area contributed by atoms with Crippen molar-refractivity contribution in [3.63, 3.8) is 0 Å². The molecule has 1 aromatic rings. The average Bonchev–Trinajstić information content (AvgIpc) is 2.73. The van der Waals surface area contributed by atoms with Gasteiger partial charge in [-0.25, -0.2) is 0 Å². The molecule has 16 heavy (non-hydrogen) atoms. The summed E-state index contributed by atoms with van der Waals surface area (Å²) in [5, 5.41) is 2.88. The van der Waals surface area contributed by atoms with Crippen LogP contribution in [0.2, 0.25) is 0 Å². The lowest BCUT2D eigenvalue weighted by atomic mass is 9.94. The Kier molecular flexibility index (Phi) is 4.19. The van der Waals surface area contributed by atoms with E-state index in [2.05, 4.69) is 32.2 Å². The van der Waals surface area contributed by atoms with Crippen molar-refractivity contribution < 1.29 is 4.79 Å². The maximum atomic E-state index is 11.9. The second kappa shape index (κ2) is 5.22. The highest BCUT2D eigenvalue weighted by Gasteiger charge is 2.26. The Bertz CT molecular complexity index is 413. The minimum Gasteiger partial charge on any atom is -0.356 e. The molecule has 1 heterocycles. The summed E-state index contributed by atoms with van der Waals surface area (Å²) in [6.07, 6.45) is 8.62. The SMILES string of the molecule is C#CC(CC)(CC)NC(=O)c1cc(Br)c[nH]1. The Morgan fingerprint density at radius 1 is 1.62 bits per heavy atom. The summed E-state index contributed by atoms with van der Waals surface area (Å²) in [6.45, 7) is 3.93. The number of carbonyl (C=O) groups excluding carboxylic acids is 1. The van der Waals surface area contributed by atoms with E-state index in [1.165, 1.54) is 0 Å². The zero-order valence-electron chi connectivity index (χ0n) is 9.43. The predicted octanol–water partition coefficient (Wildman–Crippen LogP) is 2.70. The number of H-pyrrole nitrogens is 1. The van der Waals surface area contributed by atoms with Crippen LogP contribution < -0.4 is 5.32 Å². The first-order valence-electron chi connectivity index (χ1n) is 5.21. The number of aromatic amines is 1. The number of nitrogens with one attached hydrogen (secondary N) is 2. The van der Waals surface area contributed by atoms with Gasteiger partial charge in [-0.1, -0.05) is 19.8 Å². The normalized spacial score (nSPS) is 10.9. The molecule has 0 atom stereocenters. The lowest BCUT2D eigenvalue weighted by Gasteiger charge is -2.26. The maximum Gasteiger partial charge on any atom is 0.268 e. The fraction of sp³-hybridized carbons (Fsp3) is 0.417. The molecule has 0 radical (unpaired) electrons. The lowest BCUT2D eigenvalue weighted by molar-refractivity contribution is 0.0912. The zero-order valence-corrected chi connectivity index (χ0v) is 11.0. The van der Waals surface area contributed by atoms with Gasteiger partial charge in [-0.15, -0.1) is 6.42 Å². The molecule has 1 rings (SSSR count). The van der Waals surface area contributed by atoms with E-state index in [9.17, 15) is 4.79 Å². The molecule has 0 saturated heterocycles. The Morgan fingerprint density at radius 3 is 2.62 bits per heavy atom. The van der Waals surface area contributed by atoms with Crippen LogP contribution >= 0.6 is 15.9 Å². The number of carbonyl (C=O) groups is 1. The lowest BCUT2D eigenvalue weighted by Crippen LogP contribution is -2.46. The predicted molar refractivity (Wildman–Crippen MR) is 68.1 cm³/mol. The molecule has 0 aliphatic heterocycles. The van der Waals surface area contributed by atoms with E-state index in [-0.39, 0.29) is 5.91 Å². The smallest absolute Gasteiger partial charge is 0.268 e. The van der Waals surface area contributed by atoms with Gasteiger partial charge in [0.1, 0.15) is 11.2 Å². The molecule has 86 valence electrons. The van der Waals surface area contributed by atoms with Crippen molar-refractivity contribution in [3.05, 3.63) is 22.4 Å². The molecule has 0 spiro atoms. The van der Waals surface area contributed by atoms with Crippen LogP contribution in [0.4, 0.5) is 0 Å². The van der Waals surface area contributed by atoms with Gasteiger partial charge in [-0.2, -0.15) is 0 Å². The molecular weight excluding hydrogens is 268 g/mol. The molecule has 0 aliphatic carbocycles. The van der Waals surface area contributed by atoms with E-state index in [4.69, 9.17) is 6.42 Å². The van der Waals surface area contributed by atoms with Crippen molar-refractivity contribution >= 4 is 21.8 Å². The van der Waals surface area contributed by atoms with Gasteiger partial charge in [-0.05, 0) is 34.8 Å². The standard InChI is InChI=1S/C12H15BrN2O/c1-4-12(5-2,6-3)15-11(16)10-7-9(13)8-14-10/h1,7-8,14H,5-6H2,2-3H3,(H,15,16). The molecule has 1 aromatic heterocycles. The molecule has 0 bridgehead atoms. The van der Waals surface area contributed by atoms with Gasteiger partial charge in [0.15, 0.2) is 0 Å². The molecule has 2 N–H and O–H groups in total. The molecule has 3 nitrogen and oxygen atoms in total. The summed E-state index contributed by atoms with van der Waals surface area (Å²) in [6, 6.07) is 1.72. The number of rotatable bonds is 4. The van der Waals surface area contributed by atoms with E-state index in [1.54, 1.807) is 12.3 Å². The number of aromatic nitrogens is 1. The van der Waals surface area contributed by atoms with Gasteiger partial charge in [0.25, 0.3) is 5.91 Å². The van der Waals surface area contributed by atoms with Gasteiger partial charge >= 0.3 is 0 Å². The highest BCUT2D eigenvalue weighted by Crippen LogP contribution is 2.16. The summed E-state index contributed by atoms with van der Waals surface area (Å²) in [4.78, 5) is 14.8. The Labute approximate surface area is 104 Å². The van der Waals surface area contributed by atoms with Crippen LogP contribution in [0, 0.1) is 12.3 Å². The number of hydrogen-bond acceptors (Lipinski definition) is 1. The van der Waals surface area contributed by atoms with E-state index in [0.29, 0.717) is 18.5 Å². The van der Waals surface area contributed by atoms with Gasteiger partial charge in [-0.3, -0.25) is 4.79 Å². The van der Waals surface area contributed by atoms with Crippen molar-refractivity contribution in [1.82, 2.24) is 10.3 Å². The first-order valence-corrected chi connectivity index (χ1v) is 6.00. The molecule has 0 aliphatic rings. The number of amides is 1. The number of terminal acetylenes is 1. The van der Waals surface area contributed by atoms with E-state index in [0.717, 1.165) is 4.47 Å². The highest BCUT2D eigenvalue weighted by molar-refractivity contribution is 9.10. The Hall–Kier alpha value is -1.21. The number of hydrogen-bond donors (Lipinski definition) is 2. The summed E-state index contributed by atoms with van der Waals surface area (Å²) < 4.78 is 0.844. The topological polar surface area (TPSA) is 44.9 Å². The largest absolute Gasteiger partial charge is 0.356 e. The minimum atomic E-state index is -0.547. The summed E-state index contributed by atoms with van der Waals surface area (Å²) in [5.74, 6) is 2.49. The van der Waals surface area contributed by atoms with Crippen molar-refractivity contribution in [3.8, 4) is 12.3 Å². The Balaban J connectivity index is 2.81. The first-order chi connectivity index (χ1) is 7.56. The van der Waals surface area contributed by atoms with E-state index < -0.39 is 5.54 Å². The van der Waals surface area contributed by atoms with Crippen LogP contribution in [0.3, 0.4) is 0 Å². The molecule has 0 saturated carbocycles. The molecule has 0 aromatic carbocycles. The van der Waals surface area contributed by atoms with Crippen LogP contribution in [0.25, 0.3) is 0 Å². The van der Waals surface area contributed by atoms with E-state index in [1.807, 2.05) is 13.8 Å². The fourth-order valence-corrected chi connectivity index (χ4v) is 1.79. The van der Waals surface area contributed by atoms with Gasteiger partial charge < -0.3 is 10.3 Å². The second-order valence-electron chi connectivity index (χ2n) is 3.62. The van der Waals surface area contributed by atoms with Crippen LogP contribution in [0.15, 0.2) is 16.7 Å². The minimum absolute atomic E-state index is 0.174. The molecule has 4 heteroatoms. The fourth-order valence-electron chi connectivity index (χ4n) is 1.45. The van der Waals surface area contributed by atoms with Gasteiger partial charge in [0, 0.05) is 10.7 Å². The molecular formula is C12H15BrN2O. The second-order valence-corrected chi connectivity index (χ2v) is 4.53. The zero-order chi connectivity index (χ0) is 12.2. The van der Waals surface area contributed by atoms with Crippen molar-refractivity contribution in [1.29, 1.82) is 0 Å². The summed E-state index contributed by atoms with van der Waals surface area (Å²) in [7, 11) is 0. The molecule has 1 amide bonds. The van der Waals surface area contributed by atoms with Crippen molar-refractivity contribution in [2.24, 2.45) is 0 Å². The third-order valence-electron chi connectivity index (χ3n) is 2.73. The molecule has 0 fully saturated rings. The monoisotopic (exact) mass is 282 g/mol.